The summed E-state index contributed by atoms with van der Waals surface area (Å²) in [4.78, 5) is 8.05. The number of hydrogen-bond donors (Lipinski definition) is 0. The van der Waals surface area contributed by atoms with Gasteiger partial charge in [-0.05, 0) is 18.2 Å². The van der Waals surface area contributed by atoms with Crippen LogP contribution in [0.3, 0.4) is 0 Å². The summed E-state index contributed by atoms with van der Waals surface area (Å²) in [7, 11) is 0. The fourth-order valence-electron chi connectivity index (χ4n) is 1.06. The molecule has 0 atom stereocenters. The third-order valence-electron chi connectivity index (χ3n) is 1.68. The molecule has 69 valence electrons. The largest absolute Gasteiger partial charge is 0.255 e. The third kappa shape index (κ3) is 1.86. The summed E-state index contributed by atoms with van der Waals surface area (Å²) < 4.78 is 0. The van der Waals surface area contributed by atoms with E-state index in [0.29, 0.717) is 15.9 Å². The maximum Gasteiger partial charge on any atom is 0.138 e. The van der Waals surface area contributed by atoms with Gasteiger partial charge in [-0.15, -0.1) is 0 Å². The normalized spacial score (nSPS) is 10.1. The molecule has 2 rings (SSSR count). The van der Waals surface area contributed by atoms with Crippen molar-refractivity contribution in [3.8, 4) is 11.3 Å². The van der Waals surface area contributed by atoms with E-state index in [1.165, 1.54) is 0 Å². The topological polar surface area (TPSA) is 25.8 Å². The first-order valence-corrected chi connectivity index (χ1v) is 4.67. The minimum Gasteiger partial charge on any atom is -0.255 e. The van der Waals surface area contributed by atoms with Crippen molar-refractivity contribution in [2.24, 2.45) is 0 Å². The van der Waals surface area contributed by atoms with Crippen molar-refractivity contribution >= 4 is 23.2 Å². The van der Waals surface area contributed by atoms with Crippen molar-refractivity contribution in [1.29, 1.82) is 0 Å². The first-order chi connectivity index (χ1) is 6.77. The number of aromatic nitrogens is 2. The Morgan fingerprint density at radius 1 is 1.07 bits per heavy atom. The summed E-state index contributed by atoms with van der Waals surface area (Å²) in [5, 5.41) is 0.911. The van der Waals surface area contributed by atoms with Crippen LogP contribution in [0.5, 0.6) is 0 Å². The van der Waals surface area contributed by atoms with E-state index in [1.54, 1.807) is 24.5 Å². The third-order valence-corrected chi connectivity index (χ3v) is 2.20. The molecule has 2 heterocycles. The summed E-state index contributed by atoms with van der Waals surface area (Å²) in [5.74, 6) is 0. The van der Waals surface area contributed by atoms with Gasteiger partial charge in [0.15, 0.2) is 0 Å². The molecule has 2 aromatic rings. The predicted octanol–water partition coefficient (Wildman–Crippen LogP) is 3.25. The van der Waals surface area contributed by atoms with Crippen LogP contribution in [0.15, 0.2) is 30.6 Å². The van der Waals surface area contributed by atoms with Crippen molar-refractivity contribution in [2.45, 2.75) is 0 Å². The van der Waals surface area contributed by atoms with Gasteiger partial charge < -0.3 is 0 Å². The highest BCUT2D eigenvalue weighted by Gasteiger charge is 2.05. The molecule has 1 radical (unpaired) electrons. The molecule has 0 saturated carbocycles. The Morgan fingerprint density at radius 3 is 2.64 bits per heavy atom. The van der Waals surface area contributed by atoms with Gasteiger partial charge in [-0.25, -0.2) is 4.98 Å². The molecule has 0 N–H and O–H groups in total. The lowest BCUT2D eigenvalue weighted by atomic mass is 10.2. The highest BCUT2D eigenvalue weighted by atomic mass is 35.5. The number of nitrogens with zero attached hydrogens (tertiary/aromatic N) is 2. The summed E-state index contributed by atoms with van der Waals surface area (Å²) in [6.45, 7) is 0. The van der Waals surface area contributed by atoms with E-state index in [1.807, 2.05) is 6.07 Å². The summed E-state index contributed by atoms with van der Waals surface area (Å²) in [6, 6.07) is 8.17. The first-order valence-electron chi connectivity index (χ1n) is 3.92. The van der Waals surface area contributed by atoms with Gasteiger partial charge in [-0.3, -0.25) is 4.98 Å². The van der Waals surface area contributed by atoms with E-state index in [0.717, 1.165) is 5.56 Å². The van der Waals surface area contributed by atoms with Crippen molar-refractivity contribution in [1.82, 2.24) is 9.97 Å². The van der Waals surface area contributed by atoms with Crippen LogP contribution in [-0.4, -0.2) is 9.97 Å². The Balaban J connectivity index is 2.55. The molecule has 0 aliphatic carbocycles. The fraction of sp³-hybridized carbons (Fsp3) is 0. The average molecular weight is 224 g/mol. The van der Waals surface area contributed by atoms with Crippen LogP contribution in [0.1, 0.15) is 0 Å². The summed E-state index contributed by atoms with van der Waals surface area (Å²) in [6.07, 6.45) is 3.23. The van der Waals surface area contributed by atoms with Crippen LogP contribution in [0.25, 0.3) is 11.3 Å². The van der Waals surface area contributed by atoms with E-state index in [9.17, 15) is 0 Å². The Bertz CT molecular complexity index is 457. The number of pyridine rings is 2. The van der Waals surface area contributed by atoms with Gasteiger partial charge in [0.05, 0.1) is 10.7 Å². The smallest absolute Gasteiger partial charge is 0.138 e. The summed E-state index contributed by atoms with van der Waals surface area (Å²) in [5.41, 5.74) is 1.34. The lowest BCUT2D eigenvalue weighted by Gasteiger charge is -2.01. The molecular formula is C10H5Cl2N2. The molecule has 0 unspecified atom stereocenters. The molecule has 0 saturated heterocycles. The van der Waals surface area contributed by atoms with E-state index >= 15 is 0 Å². The van der Waals surface area contributed by atoms with Crippen molar-refractivity contribution in [3.63, 3.8) is 0 Å². The minimum absolute atomic E-state index is 0.401. The maximum atomic E-state index is 5.90. The van der Waals surface area contributed by atoms with Gasteiger partial charge in [0, 0.05) is 24.0 Å². The SMILES string of the molecule is Clc1[c]c(-c2cccnc2Cl)ncc1. The van der Waals surface area contributed by atoms with Crippen LogP contribution < -0.4 is 0 Å². The van der Waals surface area contributed by atoms with Crippen LogP contribution >= 0.6 is 23.2 Å². The Labute approximate surface area is 91.5 Å². The Kier molecular flexibility index (Phi) is 2.66. The quantitative estimate of drug-likeness (QED) is 0.694. The van der Waals surface area contributed by atoms with Crippen LogP contribution in [0.4, 0.5) is 0 Å². The first kappa shape index (κ1) is 9.44. The minimum atomic E-state index is 0.401. The maximum absolute atomic E-state index is 5.90. The zero-order valence-corrected chi connectivity index (χ0v) is 8.55. The molecule has 0 fully saturated rings. The Hall–Kier alpha value is -1.12. The number of halogens is 2. The molecule has 0 bridgehead atoms. The predicted molar refractivity (Wildman–Crippen MR) is 56.3 cm³/mol. The molecule has 0 spiro atoms. The van der Waals surface area contributed by atoms with Crippen molar-refractivity contribution < 1.29 is 0 Å². The fourth-order valence-corrected chi connectivity index (χ4v) is 1.42. The van der Waals surface area contributed by atoms with E-state index in [-0.39, 0.29) is 0 Å². The molecule has 2 nitrogen and oxygen atoms in total. The highest BCUT2D eigenvalue weighted by molar-refractivity contribution is 6.32. The molecule has 0 aliphatic rings. The van der Waals surface area contributed by atoms with Gasteiger partial charge in [-0.2, -0.15) is 0 Å². The second-order valence-corrected chi connectivity index (χ2v) is 3.37. The summed E-state index contributed by atoms with van der Waals surface area (Å²) >= 11 is 11.7. The van der Waals surface area contributed by atoms with Gasteiger partial charge in [0.1, 0.15) is 5.15 Å². The monoisotopic (exact) mass is 223 g/mol. The van der Waals surface area contributed by atoms with Crippen LogP contribution in [0.2, 0.25) is 10.2 Å². The van der Waals surface area contributed by atoms with Gasteiger partial charge >= 0.3 is 0 Å². The zero-order valence-electron chi connectivity index (χ0n) is 7.04. The molecule has 0 amide bonds. The molecule has 14 heavy (non-hydrogen) atoms. The highest BCUT2D eigenvalue weighted by Crippen LogP contribution is 2.24. The second-order valence-electron chi connectivity index (χ2n) is 2.61. The standard InChI is InChI=1S/C10H5Cl2N2/c11-7-3-5-13-9(6-7)8-2-1-4-14-10(8)12/h1-5H. The lowest BCUT2D eigenvalue weighted by molar-refractivity contribution is 1.27. The molecule has 4 heteroatoms. The number of rotatable bonds is 1. The number of hydrogen-bond acceptors (Lipinski definition) is 2. The van der Waals surface area contributed by atoms with Gasteiger partial charge in [0.25, 0.3) is 0 Å². The molecule has 2 aromatic heterocycles. The van der Waals surface area contributed by atoms with E-state index in [2.05, 4.69) is 16.0 Å². The molecular weight excluding hydrogens is 219 g/mol. The molecule has 0 aromatic carbocycles. The van der Waals surface area contributed by atoms with Crippen LogP contribution in [0, 0.1) is 6.07 Å². The van der Waals surface area contributed by atoms with E-state index in [4.69, 9.17) is 23.2 Å². The Morgan fingerprint density at radius 2 is 1.93 bits per heavy atom. The van der Waals surface area contributed by atoms with Crippen molar-refractivity contribution in [2.75, 3.05) is 0 Å². The zero-order chi connectivity index (χ0) is 9.97. The van der Waals surface area contributed by atoms with Crippen LogP contribution in [-0.2, 0) is 0 Å². The van der Waals surface area contributed by atoms with Gasteiger partial charge in [0.2, 0.25) is 0 Å². The lowest BCUT2D eigenvalue weighted by Crippen LogP contribution is -1.86. The molecule has 0 aliphatic heterocycles. The van der Waals surface area contributed by atoms with Gasteiger partial charge in [-0.1, -0.05) is 23.2 Å². The second kappa shape index (κ2) is 3.95. The average Bonchev–Trinajstić information content (AvgIpc) is 2.18. The van der Waals surface area contributed by atoms with E-state index < -0.39 is 0 Å². The van der Waals surface area contributed by atoms with Crippen molar-refractivity contribution in [3.05, 3.63) is 46.8 Å².